The molecular formula is C17H11Br3Cl4N2. The van der Waals surface area contributed by atoms with Gasteiger partial charge in [0.2, 0.25) is 0 Å². The van der Waals surface area contributed by atoms with E-state index in [9.17, 15) is 0 Å². The summed E-state index contributed by atoms with van der Waals surface area (Å²) in [4.78, 5) is 6.74. The Morgan fingerprint density at radius 2 is 1.31 bits per heavy atom. The minimum atomic E-state index is -1.61. The van der Waals surface area contributed by atoms with Crippen LogP contribution in [0, 0.1) is 20.1 Å². The standard InChI is InChI=1S/C8H5Br2N.C8H6BrN.CCl4/c1-11-8-4-7(10)3-2-6(8)5-9;1-6-3-4-7(9)5-8(6)10-2;2-1(3,4)5/h2-4H,5H2;3-5H,1H3;. The van der Waals surface area contributed by atoms with E-state index in [2.05, 4.69) is 57.5 Å². The smallest absolute Gasteiger partial charge is 0.238 e. The lowest BCUT2D eigenvalue weighted by Gasteiger charge is -1.98. The highest BCUT2D eigenvalue weighted by atomic mass is 79.9. The number of rotatable bonds is 1. The molecule has 0 saturated carbocycles. The van der Waals surface area contributed by atoms with Gasteiger partial charge < -0.3 is 0 Å². The second-order valence-corrected chi connectivity index (χ2v) is 10.3. The molecule has 138 valence electrons. The van der Waals surface area contributed by atoms with Crippen molar-refractivity contribution in [3.05, 3.63) is 79.3 Å². The maximum Gasteiger partial charge on any atom is 0.266 e. The first-order valence-electron chi connectivity index (χ1n) is 6.63. The molecule has 0 fully saturated rings. The third-order valence-corrected chi connectivity index (χ3v) is 4.19. The molecule has 2 rings (SSSR count). The number of halogens is 7. The molecule has 0 amide bonds. The molecule has 0 aliphatic carbocycles. The van der Waals surface area contributed by atoms with E-state index in [1.165, 1.54) is 0 Å². The zero-order valence-corrected chi connectivity index (χ0v) is 21.0. The molecule has 0 aliphatic rings. The van der Waals surface area contributed by atoms with E-state index in [4.69, 9.17) is 59.5 Å². The molecule has 0 spiro atoms. The first-order valence-corrected chi connectivity index (χ1v) is 10.8. The highest BCUT2D eigenvalue weighted by Gasteiger charge is 2.11. The van der Waals surface area contributed by atoms with Crippen LogP contribution in [0.3, 0.4) is 0 Å². The van der Waals surface area contributed by atoms with Gasteiger partial charge in [-0.2, -0.15) is 0 Å². The molecule has 26 heavy (non-hydrogen) atoms. The van der Waals surface area contributed by atoms with Crippen LogP contribution in [0.1, 0.15) is 11.1 Å². The molecule has 0 unspecified atom stereocenters. The Hall–Kier alpha value is 0.0200. The van der Waals surface area contributed by atoms with Gasteiger partial charge in [-0.1, -0.05) is 118 Å². The predicted octanol–water partition coefficient (Wildman–Crippen LogP) is 9.76. The van der Waals surface area contributed by atoms with Crippen molar-refractivity contribution in [2.24, 2.45) is 0 Å². The van der Waals surface area contributed by atoms with Gasteiger partial charge in [-0.3, -0.25) is 0 Å². The fraction of sp³-hybridized carbons (Fsp3) is 0.176. The largest absolute Gasteiger partial charge is 0.266 e. The SMILES string of the molecule is ClC(Cl)(Cl)Cl.[C-]#[N+]c1cc(Br)ccc1C.[C-]#[N+]c1cc(Br)ccc1CBr. The fourth-order valence-electron chi connectivity index (χ4n) is 1.46. The van der Waals surface area contributed by atoms with E-state index in [1.54, 1.807) is 0 Å². The Morgan fingerprint density at radius 1 is 0.885 bits per heavy atom. The van der Waals surface area contributed by atoms with E-state index >= 15 is 0 Å². The number of aryl methyl sites for hydroxylation is 1. The number of benzene rings is 2. The first kappa shape index (κ1) is 26.0. The van der Waals surface area contributed by atoms with Gasteiger partial charge in [-0.05, 0) is 30.2 Å². The molecule has 0 aromatic heterocycles. The highest BCUT2D eigenvalue weighted by molar-refractivity contribution is 9.10. The van der Waals surface area contributed by atoms with Crippen LogP contribution < -0.4 is 0 Å². The third-order valence-electron chi connectivity index (χ3n) is 2.60. The Balaban J connectivity index is 0.000000387. The van der Waals surface area contributed by atoms with Crippen molar-refractivity contribution in [3.63, 3.8) is 0 Å². The molecule has 0 heterocycles. The van der Waals surface area contributed by atoms with Gasteiger partial charge in [0.05, 0.1) is 13.1 Å². The van der Waals surface area contributed by atoms with Crippen molar-refractivity contribution < 1.29 is 0 Å². The van der Waals surface area contributed by atoms with Crippen LogP contribution in [0.4, 0.5) is 11.4 Å². The van der Waals surface area contributed by atoms with Crippen molar-refractivity contribution in [1.29, 1.82) is 0 Å². The van der Waals surface area contributed by atoms with E-state index in [0.29, 0.717) is 5.69 Å². The van der Waals surface area contributed by atoms with Crippen LogP contribution in [0.5, 0.6) is 0 Å². The Morgan fingerprint density at radius 3 is 1.69 bits per heavy atom. The molecule has 0 radical (unpaired) electrons. The molecular weight excluding hydrogens is 614 g/mol. The lowest BCUT2D eigenvalue weighted by atomic mass is 10.2. The van der Waals surface area contributed by atoms with Crippen molar-refractivity contribution >= 4 is 106 Å². The van der Waals surface area contributed by atoms with Crippen LogP contribution in [-0.2, 0) is 5.33 Å². The van der Waals surface area contributed by atoms with Gasteiger partial charge in [-0.25, -0.2) is 9.69 Å². The lowest BCUT2D eigenvalue weighted by molar-refractivity contribution is 1.44. The summed E-state index contributed by atoms with van der Waals surface area (Å²) in [6.07, 6.45) is 0. The maximum absolute atomic E-state index is 6.87. The molecule has 0 saturated heterocycles. The maximum atomic E-state index is 6.87. The lowest BCUT2D eigenvalue weighted by Crippen LogP contribution is -1.81. The molecule has 0 bridgehead atoms. The molecule has 2 aromatic carbocycles. The highest BCUT2D eigenvalue weighted by Crippen LogP contribution is 2.30. The number of nitrogens with zero attached hydrogens (tertiary/aromatic N) is 2. The second-order valence-electron chi connectivity index (χ2n) is 4.49. The molecule has 0 N–H and O–H groups in total. The summed E-state index contributed by atoms with van der Waals surface area (Å²) in [6, 6.07) is 11.4. The zero-order chi connectivity index (χ0) is 20.3. The second kappa shape index (κ2) is 13.2. The van der Waals surface area contributed by atoms with Gasteiger partial charge in [0.25, 0.3) is 3.25 Å². The molecule has 0 atom stereocenters. The van der Waals surface area contributed by atoms with Gasteiger partial charge in [0.15, 0.2) is 11.4 Å². The summed E-state index contributed by atoms with van der Waals surface area (Å²) in [5.74, 6) is 0. The quantitative estimate of drug-likeness (QED) is 0.221. The molecule has 2 aromatic rings. The van der Waals surface area contributed by atoms with Crippen molar-refractivity contribution in [1.82, 2.24) is 0 Å². The Bertz CT molecular complexity index is 803. The summed E-state index contributed by atoms with van der Waals surface area (Å²) in [6.45, 7) is 15.6. The first-order chi connectivity index (χ1) is 12.0. The predicted molar refractivity (Wildman–Crippen MR) is 124 cm³/mol. The summed E-state index contributed by atoms with van der Waals surface area (Å²) >= 11 is 29.2. The molecule has 9 heteroatoms. The van der Waals surface area contributed by atoms with Crippen LogP contribution in [0.25, 0.3) is 9.69 Å². The Labute approximate surface area is 198 Å². The third kappa shape index (κ3) is 12.4. The van der Waals surface area contributed by atoms with Gasteiger partial charge in [0, 0.05) is 14.3 Å². The molecule has 2 nitrogen and oxygen atoms in total. The van der Waals surface area contributed by atoms with Gasteiger partial charge in [0.1, 0.15) is 0 Å². The number of alkyl halides is 5. The summed E-state index contributed by atoms with van der Waals surface area (Å²) in [7, 11) is 0. The number of hydrogen-bond acceptors (Lipinski definition) is 0. The summed E-state index contributed by atoms with van der Waals surface area (Å²) < 4.78 is 0.303. The van der Waals surface area contributed by atoms with Crippen molar-refractivity contribution in [2.45, 2.75) is 15.5 Å². The van der Waals surface area contributed by atoms with Crippen LogP contribution >= 0.6 is 94.2 Å². The minimum Gasteiger partial charge on any atom is -0.238 e. The normalized spacial score (nSPS) is 9.62. The summed E-state index contributed by atoms with van der Waals surface area (Å²) in [5, 5.41) is 0.734. The minimum absolute atomic E-state index is 0.705. The van der Waals surface area contributed by atoms with Crippen LogP contribution in [0.2, 0.25) is 0 Å². The topological polar surface area (TPSA) is 8.72 Å². The average molecular weight is 625 g/mol. The summed E-state index contributed by atoms with van der Waals surface area (Å²) in [5.41, 5.74) is 3.48. The van der Waals surface area contributed by atoms with E-state index in [0.717, 1.165) is 31.1 Å². The monoisotopic (exact) mass is 620 g/mol. The van der Waals surface area contributed by atoms with Crippen molar-refractivity contribution in [3.8, 4) is 0 Å². The van der Waals surface area contributed by atoms with Gasteiger partial charge >= 0.3 is 0 Å². The fourth-order valence-corrected chi connectivity index (χ4v) is 2.63. The van der Waals surface area contributed by atoms with E-state index < -0.39 is 3.25 Å². The van der Waals surface area contributed by atoms with Crippen LogP contribution in [0.15, 0.2) is 45.3 Å². The Kier molecular flexibility index (Phi) is 13.2. The van der Waals surface area contributed by atoms with E-state index in [1.807, 2.05) is 43.3 Å². The van der Waals surface area contributed by atoms with Crippen molar-refractivity contribution in [2.75, 3.05) is 0 Å². The van der Waals surface area contributed by atoms with Crippen LogP contribution in [-0.4, -0.2) is 3.25 Å². The molecule has 0 aliphatic heterocycles. The average Bonchev–Trinajstić information content (AvgIpc) is 2.56. The van der Waals surface area contributed by atoms with Gasteiger partial charge in [-0.15, -0.1) is 0 Å². The zero-order valence-electron chi connectivity index (χ0n) is 13.2. The van der Waals surface area contributed by atoms with E-state index in [-0.39, 0.29) is 0 Å². The number of hydrogen-bond donors (Lipinski definition) is 0.